The Morgan fingerprint density at radius 2 is 2.14 bits per heavy atom. The third kappa shape index (κ3) is 5.02. The van der Waals surface area contributed by atoms with Crippen LogP contribution in [0.2, 0.25) is 0 Å². The molecule has 0 unspecified atom stereocenters. The molecule has 3 nitrogen and oxygen atoms in total. The minimum Gasteiger partial charge on any atom is -0.348 e. The van der Waals surface area contributed by atoms with Gasteiger partial charge in [-0.15, -0.1) is 0 Å². The molecule has 0 aliphatic rings. The van der Waals surface area contributed by atoms with E-state index in [9.17, 15) is 0 Å². The molecule has 1 rings (SSSR count). The number of nitrogens with zero attached hydrogens (tertiary/aromatic N) is 1. The van der Waals surface area contributed by atoms with Gasteiger partial charge < -0.3 is 10.3 Å². The van der Waals surface area contributed by atoms with Crippen LogP contribution < -0.4 is 5.32 Å². The molecule has 0 amide bonds. The fourth-order valence-corrected chi connectivity index (χ4v) is 1.33. The van der Waals surface area contributed by atoms with Crippen molar-refractivity contribution < 1.29 is 0 Å². The molecule has 1 heterocycles. The molecule has 0 saturated carbocycles. The number of nitrogens with one attached hydrogen (secondary N) is 2. The molecule has 0 saturated heterocycles. The maximum absolute atomic E-state index is 3.99. The Morgan fingerprint density at radius 1 is 1.36 bits per heavy atom. The molecular formula is C11H21N3. The summed E-state index contributed by atoms with van der Waals surface area (Å²) in [5.41, 5.74) is 1.48. The average molecular weight is 195 g/mol. The van der Waals surface area contributed by atoms with Crippen molar-refractivity contribution in [3.8, 4) is 0 Å². The topological polar surface area (TPSA) is 40.7 Å². The smallest absolute Gasteiger partial charge is 0.0921 e. The zero-order valence-corrected chi connectivity index (χ0v) is 9.43. The number of H-pyrrole nitrogens is 1. The molecule has 1 aromatic rings. The van der Waals surface area contributed by atoms with Gasteiger partial charge in [0.1, 0.15) is 0 Å². The van der Waals surface area contributed by atoms with Gasteiger partial charge in [-0.3, -0.25) is 0 Å². The Balaban J connectivity index is 2.00. The van der Waals surface area contributed by atoms with Crippen molar-refractivity contribution in [2.45, 2.75) is 45.6 Å². The molecule has 0 radical (unpaired) electrons. The first-order valence-electron chi connectivity index (χ1n) is 5.30. The summed E-state index contributed by atoms with van der Waals surface area (Å²) in [7, 11) is 0. The number of hydrogen-bond donors (Lipinski definition) is 2. The van der Waals surface area contributed by atoms with Gasteiger partial charge in [-0.25, -0.2) is 4.98 Å². The lowest BCUT2D eigenvalue weighted by molar-refractivity contribution is 0.418. The zero-order valence-electron chi connectivity index (χ0n) is 9.43. The second kappa shape index (κ2) is 5.15. The number of unbranched alkanes of at least 4 members (excludes halogenated alkanes) is 1. The van der Waals surface area contributed by atoms with Gasteiger partial charge >= 0.3 is 0 Å². The summed E-state index contributed by atoms with van der Waals surface area (Å²) < 4.78 is 0. The summed E-state index contributed by atoms with van der Waals surface area (Å²) in [4.78, 5) is 7.10. The molecular weight excluding hydrogens is 174 g/mol. The minimum atomic E-state index is 0.244. The van der Waals surface area contributed by atoms with Crippen molar-refractivity contribution in [2.75, 3.05) is 6.54 Å². The number of aryl methyl sites for hydroxylation is 1. The van der Waals surface area contributed by atoms with Crippen LogP contribution >= 0.6 is 0 Å². The maximum atomic E-state index is 3.99. The van der Waals surface area contributed by atoms with Crippen LogP contribution in [-0.2, 0) is 6.42 Å². The SMILES string of the molecule is CC(C)(C)NCCCCc1cnc[nH]1. The monoisotopic (exact) mass is 195 g/mol. The van der Waals surface area contributed by atoms with E-state index in [4.69, 9.17) is 0 Å². The molecule has 0 aliphatic carbocycles. The van der Waals surface area contributed by atoms with E-state index in [-0.39, 0.29) is 5.54 Å². The second-order valence-corrected chi connectivity index (χ2v) is 4.71. The van der Waals surface area contributed by atoms with Gasteiger partial charge in [0.2, 0.25) is 0 Å². The van der Waals surface area contributed by atoms with E-state index in [2.05, 4.69) is 36.1 Å². The van der Waals surface area contributed by atoms with Gasteiger partial charge in [0.15, 0.2) is 0 Å². The highest BCUT2D eigenvalue weighted by atomic mass is 14.9. The van der Waals surface area contributed by atoms with Gasteiger partial charge in [-0.2, -0.15) is 0 Å². The molecule has 0 spiro atoms. The van der Waals surface area contributed by atoms with Crippen LogP contribution in [0.1, 0.15) is 39.3 Å². The van der Waals surface area contributed by atoms with Crippen LogP contribution in [0.5, 0.6) is 0 Å². The van der Waals surface area contributed by atoms with Crippen molar-refractivity contribution in [2.24, 2.45) is 0 Å². The largest absolute Gasteiger partial charge is 0.348 e. The van der Waals surface area contributed by atoms with Gasteiger partial charge in [0.05, 0.1) is 6.33 Å². The average Bonchev–Trinajstić information content (AvgIpc) is 2.54. The molecule has 0 aromatic carbocycles. The number of rotatable bonds is 5. The Hall–Kier alpha value is -0.830. The summed E-state index contributed by atoms with van der Waals surface area (Å²) in [6.07, 6.45) is 7.17. The highest BCUT2D eigenvalue weighted by Crippen LogP contribution is 2.02. The van der Waals surface area contributed by atoms with Crippen molar-refractivity contribution in [1.29, 1.82) is 0 Å². The molecule has 0 aliphatic heterocycles. The summed E-state index contributed by atoms with van der Waals surface area (Å²) in [6, 6.07) is 0. The Labute approximate surface area is 86.3 Å². The molecule has 2 N–H and O–H groups in total. The van der Waals surface area contributed by atoms with E-state index in [0.717, 1.165) is 13.0 Å². The Kier molecular flexibility index (Phi) is 4.14. The zero-order chi connectivity index (χ0) is 10.4. The number of aromatic nitrogens is 2. The fourth-order valence-electron chi connectivity index (χ4n) is 1.33. The van der Waals surface area contributed by atoms with Gasteiger partial charge in [-0.1, -0.05) is 0 Å². The first-order valence-corrected chi connectivity index (χ1v) is 5.30. The maximum Gasteiger partial charge on any atom is 0.0921 e. The lowest BCUT2D eigenvalue weighted by Gasteiger charge is -2.20. The van der Waals surface area contributed by atoms with Crippen LogP contribution in [0, 0.1) is 0 Å². The van der Waals surface area contributed by atoms with Gasteiger partial charge in [-0.05, 0) is 46.6 Å². The standard InChI is InChI=1S/C11H21N3/c1-11(2,3)14-7-5-4-6-10-8-12-9-13-10/h8-9,14H,4-7H2,1-3H3,(H,12,13). The van der Waals surface area contributed by atoms with Crippen LogP contribution in [0.3, 0.4) is 0 Å². The predicted molar refractivity (Wildman–Crippen MR) is 59.3 cm³/mol. The lowest BCUT2D eigenvalue weighted by Crippen LogP contribution is -2.36. The second-order valence-electron chi connectivity index (χ2n) is 4.71. The van der Waals surface area contributed by atoms with E-state index in [1.54, 1.807) is 6.33 Å². The van der Waals surface area contributed by atoms with Crippen molar-refractivity contribution in [1.82, 2.24) is 15.3 Å². The molecule has 80 valence electrons. The quantitative estimate of drug-likeness (QED) is 0.707. The highest BCUT2D eigenvalue weighted by molar-refractivity contribution is 4.93. The van der Waals surface area contributed by atoms with Crippen LogP contribution in [0.15, 0.2) is 12.5 Å². The molecule has 0 fully saturated rings. The Bertz CT molecular complexity index is 234. The van der Waals surface area contributed by atoms with E-state index in [0.29, 0.717) is 0 Å². The van der Waals surface area contributed by atoms with Crippen LogP contribution in [-0.4, -0.2) is 22.1 Å². The number of imidazole rings is 1. The van der Waals surface area contributed by atoms with E-state index < -0.39 is 0 Å². The summed E-state index contributed by atoms with van der Waals surface area (Å²) in [6.45, 7) is 7.68. The van der Waals surface area contributed by atoms with Crippen LogP contribution in [0.4, 0.5) is 0 Å². The summed E-state index contributed by atoms with van der Waals surface area (Å²) in [5.74, 6) is 0. The third-order valence-electron chi connectivity index (χ3n) is 2.08. The molecule has 14 heavy (non-hydrogen) atoms. The van der Waals surface area contributed by atoms with Gasteiger partial charge in [0, 0.05) is 17.4 Å². The first kappa shape index (κ1) is 11.2. The molecule has 0 atom stereocenters. The fraction of sp³-hybridized carbons (Fsp3) is 0.727. The summed E-state index contributed by atoms with van der Waals surface area (Å²) in [5, 5.41) is 3.48. The Morgan fingerprint density at radius 3 is 2.71 bits per heavy atom. The molecule has 1 aromatic heterocycles. The third-order valence-corrected chi connectivity index (χ3v) is 2.08. The van der Waals surface area contributed by atoms with Crippen molar-refractivity contribution in [3.63, 3.8) is 0 Å². The van der Waals surface area contributed by atoms with E-state index in [1.807, 2.05) is 6.20 Å². The van der Waals surface area contributed by atoms with Crippen LogP contribution in [0.25, 0.3) is 0 Å². The lowest BCUT2D eigenvalue weighted by atomic mass is 10.1. The first-order chi connectivity index (χ1) is 6.58. The van der Waals surface area contributed by atoms with Crippen molar-refractivity contribution >= 4 is 0 Å². The van der Waals surface area contributed by atoms with E-state index in [1.165, 1.54) is 18.5 Å². The van der Waals surface area contributed by atoms with Crippen molar-refractivity contribution in [3.05, 3.63) is 18.2 Å². The highest BCUT2D eigenvalue weighted by Gasteiger charge is 2.06. The minimum absolute atomic E-state index is 0.244. The van der Waals surface area contributed by atoms with E-state index >= 15 is 0 Å². The molecule has 0 bridgehead atoms. The normalized spacial score (nSPS) is 11.9. The van der Waals surface area contributed by atoms with Gasteiger partial charge in [0.25, 0.3) is 0 Å². The number of hydrogen-bond acceptors (Lipinski definition) is 2. The summed E-state index contributed by atoms with van der Waals surface area (Å²) >= 11 is 0. The number of aromatic amines is 1. The predicted octanol–water partition coefficient (Wildman–Crippen LogP) is 2.12. The molecule has 3 heteroatoms.